The fourth-order valence-electron chi connectivity index (χ4n) is 3.39. The quantitative estimate of drug-likeness (QED) is 0.282. The Hall–Kier alpha value is -4.25. The third kappa shape index (κ3) is 9.49. The van der Waals surface area contributed by atoms with Crippen LogP contribution in [-0.2, 0) is 32.3 Å². The van der Waals surface area contributed by atoms with Crippen molar-refractivity contribution in [3.05, 3.63) is 88.9 Å². The van der Waals surface area contributed by atoms with Crippen LogP contribution in [0.2, 0.25) is 5.02 Å². The number of esters is 1. The van der Waals surface area contributed by atoms with Crippen LogP contribution in [0.3, 0.4) is 0 Å². The zero-order valence-electron chi connectivity index (χ0n) is 21.3. The van der Waals surface area contributed by atoms with Gasteiger partial charge < -0.3 is 24.8 Å². The van der Waals surface area contributed by atoms with Crippen molar-refractivity contribution < 1.29 is 41.8 Å². The van der Waals surface area contributed by atoms with E-state index < -0.39 is 36.4 Å². The third-order valence-corrected chi connectivity index (χ3v) is 5.81. The Morgan fingerprint density at radius 3 is 2.23 bits per heavy atom. The topological polar surface area (TPSA) is 103 Å². The fourth-order valence-corrected chi connectivity index (χ4v) is 3.60. The lowest BCUT2D eigenvalue weighted by atomic mass is 10.1. The molecule has 0 fully saturated rings. The van der Waals surface area contributed by atoms with Crippen LogP contribution < -0.4 is 20.1 Å². The molecule has 8 nitrogen and oxygen atoms in total. The Morgan fingerprint density at radius 1 is 0.925 bits per heavy atom. The molecule has 0 aliphatic heterocycles. The Kier molecular flexibility index (Phi) is 10.8. The molecule has 2 N–H and O–H groups in total. The maximum absolute atomic E-state index is 12.8. The summed E-state index contributed by atoms with van der Waals surface area (Å²) in [5, 5.41) is 4.47. The highest BCUT2D eigenvalue weighted by Crippen LogP contribution is 2.32. The summed E-state index contributed by atoms with van der Waals surface area (Å²) in [6.45, 7) is -0.0882. The van der Waals surface area contributed by atoms with Crippen molar-refractivity contribution in [1.29, 1.82) is 0 Å². The summed E-state index contributed by atoms with van der Waals surface area (Å²) in [5.74, 6) is -2.49. The SMILES string of the molecule is COc1ccc(Oc2ccc(CNC(=O)C(CCC(=O)OCc3ccccc3)NC(=O)C(F)(F)F)cc2)c(Cl)c1. The van der Waals surface area contributed by atoms with Gasteiger partial charge in [-0.3, -0.25) is 14.4 Å². The second-order valence-electron chi connectivity index (χ2n) is 8.47. The summed E-state index contributed by atoms with van der Waals surface area (Å²) >= 11 is 6.18. The van der Waals surface area contributed by atoms with Crippen molar-refractivity contribution in [2.45, 2.75) is 38.2 Å². The van der Waals surface area contributed by atoms with E-state index in [2.05, 4.69) is 5.32 Å². The molecule has 0 saturated carbocycles. The molecule has 0 bridgehead atoms. The lowest BCUT2D eigenvalue weighted by Gasteiger charge is -2.19. The predicted molar refractivity (Wildman–Crippen MR) is 140 cm³/mol. The van der Waals surface area contributed by atoms with E-state index in [0.717, 1.165) is 5.56 Å². The number of rotatable bonds is 12. The van der Waals surface area contributed by atoms with E-state index in [-0.39, 0.29) is 19.6 Å². The number of hydrogen-bond acceptors (Lipinski definition) is 6. The number of benzene rings is 3. The minimum atomic E-state index is -5.20. The maximum atomic E-state index is 12.8. The van der Waals surface area contributed by atoms with E-state index in [1.807, 2.05) is 0 Å². The summed E-state index contributed by atoms with van der Waals surface area (Å²) in [6.07, 6.45) is -5.98. The summed E-state index contributed by atoms with van der Waals surface area (Å²) < 4.78 is 54.4. The molecule has 3 aromatic carbocycles. The van der Waals surface area contributed by atoms with Gasteiger partial charge in [-0.2, -0.15) is 13.2 Å². The van der Waals surface area contributed by atoms with E-state index >= 15 is 0 Å². The van der Waals surface area contributed by atoms with Gasteiger partial charge in [-0.25, -0.2) is 0 Å². The van der Waals surface area contributed by atoms with E-state index in [4.69, 9.17) is 25.8 Å². The molecule has 1 atom stereocenters. The van der Waals surface area contributed by atoms with Crippen molar-refractivity contribution >= 4 is 29.4 Å². The van der Waals surface area contributed by atoms with Crippen LogP contribution in [0.5, 0.6) is 17.2 Å². The lowest BCUT2D eigenvalue weighted by Crippen LogP contribution is -2.50. The van der Waals surface area contributed by atoms with Gasteiger partial charge in [-0.05, 0) is 41.8 Å². The Labute approximate surface area is 233 Å². The first-order chi connectivity index (χ1) is 19.0. The smallest absolute Gasteiger partial charge is 0.471 e. The number of alkyl halides is 3. The summed E-state index contributed by atoms with van der Waals surface area (Å²) in [5.41, 5.74) is 1.32. The van der Waals surface area contributed by atoms with Crippen molar-refractivity contribution in [3.8, 4) is 17.2 Å². The molecule has 40 heavy (non-hydrogen) atoms. The Bertz CT molecular complexity index is 1300. The third-order valence-electron chi connectivity index (χ3n) is 5.52. The first-order valence-corrected chi connectivity index (χ1v) is 12.4. The van der Waals surface area contributed by atoms with Crippen LogP contribution in [0, 0.1) is 0 Å². The molecule has 0 aliphatic carbocycles. The summed E-state index contributed by atoms with van der Waals surface area (Å²) in [6, 6.07) is 18.6. The highest BCUT2D eigenvalue weighted by atomic mass is 35.5. The number of amides is 2. The molecular weight excluding hydrogens is 553 g/mol. The first-order valence-electron chi connectivity index (χ1n) is 12.0. The van der Waals surface area contributed by atoms with Crippen molar-refractivity contribution in [2.75, 3.05) is 7.11 Å². The monoisotopic (exact) mass is 578 g/mol. The molecule has 212 valence electrons. The van der Waals surface area contributed by atoms with E-state index in [9.17, 15) is 27.6 Å². The molecule has 3 rings (SSSR count). The van der Waals surface area contributed by atoms with Gasteiger partial charge in [0, 0.05) is 19.0 Å². The Morgan fingerprint density at radius 2 is 1.60 bits per heavy atom. The van der Waals surface area contributed by atoms with Gasteiger partial charge >= 0.3 is 18.1 Å². The van der Waals surface area contributed by atoms with Gasteiger partial charge in [-0.1, -0.05) is 54.1 Å². The molecule has 0 radical (unpaired) electrons. The van der Waals surface area contributed by atoms with E-state index in [1.54, 1.807) is 78.1 Å². The highest BCUT2D eigenvalue weighted by Gasteiger charge is 2.40. The second kappa shape index (κ2) is 14.2. The van der Waals surface area contributed by atoms with Crippen molar-refractivity contribution in [2.24, 2.45) is 0 Å². The van der Waals surface area contributed by atoms with E-state index in [1.165, 1.54) is 7.11 Å². The molecule has 3 aromatic rings. The summed E-state index contributed by atoms with van der Waals surface area (Å²) in [7, 11) is 1.51. The van der Waals surface area contributed by atoms with Gasteiger partial charge in [0.2, 0.25) is 5.91 Å². The maximum Gasteiger partial charge on any atom is 0.471 e. The van der Waals surface area contributed by atoms with Gasteiger partial charge in [-0.15, -0.1) is 0 Å². The molecular formula is C28H26ClF3N2O6. The number of nitrogens with one attached hydrogen (secondary N) is 2. The highest BCUT2D eigenvalue weighted by molar-refractivity contribution is 6.32. The van der Waals surface area contributed by atoms with Crippen molar-refractivity contribution in [1.82, 2.24) is 10.6 Å². The van der Waals surface area contributed by atoms with Crippen molar-refractivity contribution in [3.63, 3.8) is 0 Å². The van der Waals surface area contributed by atoms with Gasteiger partial charge in [0.25, 0.3) is 0 Å². The number of ether oxygens (including phenoxy) is 3. The van der Waals surface area contributed by atoms with Gasteiger partial charge in [0.1, 0.15) is 29.9 Å². The minimum absolute atomic E-state index is 0.0319. The van der Waals surface area contributed by atoms with E-state index in [0.29, 0.717) is 27.8 Å². The van der Waals surface area contributed by atoms with Crippen LogP contribution in [0.25, 0.3) is 0 Å². The molecule has 0 saturated heterocycles. The van der Waals surface area contributed by atoms with Crippen LogP contribution in [0.4, 0.5) is 13.2 Å². The normalized spacial score (nSPS) is 11.7. The zero-order chi connectivity index (χ0) is 29.1. The van der Waals surface area contributed by atoms with Crippen LogP contribution in [0.1, 0.15) is 24.0 Å². The molecule has 0 heterocycles. The van der Waals surface area contributed by atoms with Crippen LogP contribution >= 0.6 is 11.6 Å². The fraction of sp³-hybridized carbons (Fsp3) is 0.250. The molecule has 0 aliphatic rings. The predicted octanol–water partition coefficient (Wildman–Crippen LogP) is 5.33. The lowest BCUT2D eigenvalue weighted by molar-refractivity contribution is -0.174. The summed E-state index contributed by atoms with van der Waals surface area (Å²) in [4.78, 5) is 36.3. The Balaban J connectivity index is 1.56. The van der Waals surface area contributed by atoms with Crippen LogP contribution in [-0.4, -0.2) is 37.1 Å². The number of halogens is 4. The molecule has 12 heteroatoms. The zero-order valence-corrected chi connectivity index (χ0v) is 22.1. The minimum Gasteiger partial charge on any atom is -0.497 e. The number of methoxy groups -OCH3 is 1. The molecule has 0 aromatic heterocycles. The van der Waals surface area contributed by atoms with Gasteiger partial charge in [0.05, 0.1) is 12.1 Å². The number of carbonyl (C=O) groups is 3. The average Bonchev–Trinajstić information content (AvgIpc) is 2.94. The standard InChI is InChI=1S/C28H26ClF3N2O6/c1-38-21-11-13-24(22(29)15-21)40-20-9-7-18(8-10-20)16-33-26(36)23(34-27(37)28(30,31)32)12-14-25(35)39-17-19-5-3-2-4-6-19/h2-11,13,15,23H,12,14,16-17H2,1H3,(H,33,36)(H,34,37). The molecule has 0 spiro atoms. The largest absolute Gasteiger partial charge is 0.497 e. The second-order valence-corrected chi connectivity index (χ2v) is 8.88. The van der Waals surface area contributed by atoms with Gasteiger partial charge in [0.15, 0.2) is 0 Å². The first kappa shape index (κ1) is 30.3. The number of hydrogen-bond donors (Lipinski definition) is 2. The molecule has 1 unspecified atom stereocenters. The average molecular weight is 579 g/mol. The van der Waals surface area contributed by atoms with Crippen LogP contribution in [0.15, 0.2) is 72.8 Å². The molecule has 2 amide bonds. The number of carbonyl (C=O) groups excluding carboxylic acids is 3.